The van der Waals surface area contributed by atoms with Gasteiger partial charge < -0.3 is 19.7 Å². The monoisotopic (exact) mass is 316 g/mol. The first kappa shape index (κ1) is 16.9. The highest BCUT2D eigenvalue weighted by Gasteiger charge is 2.08. The fourth-order valence-corrected chi connectivity index (χ4v) is 2.02. The molecule has 0 aliphatic carbocycles. The van der Waals surface area contributed by atoms with Crippen molar-refractivity contribution < 1.29 is 14.6 Å². The molecule has 1 unspecified atom stereocenters. The number of nitrogens with one attached hydrogen (secondary N) is 1. The maximum Gasteiger partial charge on any atom is 0.250 e. The molecule has 0 saturated carbocycles. The highest BCUT2D eigenvalue weighted by molar-refractivity contribution is 5.77. The third kappa shape index (κ3) is 6.06. The van der Waals surface area contributed by atoms with Crippen molar-refractivity contribution in [3.05, 3.63) is 70.6 Å². The van der Waals surface area contributed by atoms with E-state index in [0.717, 1.165) is 5.56 Å². The highest BCUT2D eigenvalue weighted by atomic mass is 16.5. The largest absolute Gasteiger partial charge is 0.389 e. The second kappa shape index (κ2) is 8.87. The summed E-state index contributed by atoms with van der Waals surface area (Å²) in [5.74, 6) is -0.305. The molecule has 0 aliphatic rings. The quantitative estimate of drug-likeness (QED) is 0.745. The van der Waals surface area contributed by atoms with Crippen LogP contribution in [0.25, 0.3) is 0 Å². The van der Waals surface area contributed by atoms with E-state index in [9.17, 15) is 14.7 Å². The Bertz CT molecular complexity index is 670. The minimum absolute atomic E-state index is 0.0643. The van der Waals surface area contributed by atoms with E-state index in [2.05, 4.69) is 5.32 Å². The molecule has 1 atom stereocenters. The Morgan fingerprint density at radius 3 is 2.65 bits per heavy atom. The number of carbonyl (C=O) groups excluding carboxylic acids is 1. The van der Waals surface area contributed by atoms with Gasteiger partial charge in [0.15, 0.2) is 0 Å². The van der Waals surface area contributed by atoms with E-state index in [1.54, 1.807) is 18.3 Å². The summed E-state index contributed by atoms with van der Waals surface area (Å²) in [6.45, 7) is 0.475. The molecule has 0 saturated heterocycles. The average molecular weight is 316 g/mol. The number of aromatic nitrogens is 1. The lowest BCUT2D eigenvalue weighted by Gasteiger charge is -2.13. The smallest absolute Gasteiger partial charge is 0.250 e. The van der Waals surface area contributed by atoms with E-state index in [0.29, 0.717) is 6.61 Å². The number of hydrogen-bond donors (Lipinski definition) is 2. The van der Waals surface area contributed by atoms with Gasteiger partial charge in [0.05, 0.1) is 19.3 Å². The van der Waals surface area contributed by atoms with Gasteiger partial charge in [0, 0.05) is 18.8 Å². The molecule has 6 nitrogen and oxygen atoms in total. The third-order valence-corrected chi connectivity index (χ3v) is 3.19. The molecule has 6 heteroatoms. The van der Waals surface area contributed by atoms with Crippen molar-refractivity contribution in [1.29, 1.82) is 0 Å². The van der Waals surface area contributed by atoms with Crippen molar-refractivity contribution in [2.75, 3.05) is 13.2 Å². The molecular weight excluding hydrogens is 296 g/mol. The second-order valence-electron chi connectivity index (χ2n) is 5.13. The zero-order valence-corrected chi connectivity index (χ0v) is 12.7. The van der Waals surface area contributed by atoms with Gasteiger partial charge >= 0.3 is 0 Å². The number of carbonyl (C=O) groups is 1. The zero-order chi connectivity index (χ0) is 16.5. The third-order valence-electron chi connectivity index (χ3n) is 3.19. The molecule has 1 amide bonds. The molecule has 0 fully saturated rings. The number of rotatable bonds is 8. The maximum absolute atomic E-state index is 11.6. The molecule has 1 aromatic carbocycles. The Kier molecular flexibility index (Phi) is 6.53. The Morgan fingerprint density at radius 1 is 1.17 bits per heavy atom. The van der Waals surface area contributed by atoms with Gasteiger partial charge in [-0.1, -0.05) is 36.4 Å². The standard InChI is InChI=1S/C17H20N2O4/c20-15(11-19-9-5-4-8-17(19)22)10-18-16(21)13-23-12-14-6-2-1-3-7-14/h1-9,15,20H,10-13H2,(H,18,21). The summed E-state index contributed by atoms with van der Waals surface area (Å²) in [6, 6.07) is 14.3. The highest BCUT2D eigenvalue weighted by Crippen LogP contribution is 1.99. The van der Waals surface area contributed by atoms with Gasteiger partial charge in [0.1, 0.15) is 6.61 Å². The first-order chi connectivity index (χ1) is 11.1. The van der Waals surface area contributed by atoms with Crippen molar-refractivity contribution in [1.82, 2.24) is 9.88 Å². The Hall–Kier alpha value is -2.44. The lowest BCUT2D eigenvalue weighted by atomic mass is 10.2. The summed E-state index contributed by atoms with van der Waals surface area (Å²) in [5.41, 5.74) is 0.799. The summed E-state index contributed by atoms with van der Waals surface area (Å²) in [7, 11) is 0. The van der Waals surface area contributed by atoms with Crippen molar-refractivity contribution in [2.24, 2.45) is 0 Å². The molecule has 0 aliphatic heterocycles. The van der Waals surface area contributed by atoms with Crippen LogP contribution in [0.2, 0.25) is 0 Å². The van der Waals surface area contributed by atoms with Gasteiger partial charge in [0.25, 0.3) is 5.56 Å². The number of ether oxygens (including phenoxy) is 1. The molecule has 1 heterocycles. The van der Waals surface area contributed by atoms with Crippen molar-refractivity contribution in [2.45, 2.75) is 19.3 Å². The molecule has 2 rings (SSSR count). The van der Waals surface area contributed by atoms with E-state index in [1.165, 1.54) is 10.6 Å². The average Bonchev–Trinajstić information content (AvgIpc) is 2.56. The molecule has 1 aromatic heterocycles. The first-order valence-electron chi connectivity index (χ1n) is 7.37. The number of nitrogens with zero attached hydrogens (tertiary/aromatic N) is 1. The fourth-order valence-electron chi connectivity index (χ4n) is 2.02. The predicted molar refractivity (Wildman–Crippen MR) is 85.8 cm³/mol. The van der Waals surface area contributed by atoms with Crippen LogP contribution in [0.4, 0.5) is 0 Å². The van der Waals surface area contributed by atoms with Crippen molar-refractivity contribution in [3.8, 4) is 0 Å². The first-order valence-corrected chi connectivity index (χ1v) is 7.37. The second-order valence-corrected chi connectivity index (χ2v) is 5.13. The number of amides is 1. The van der Waals surface area contributed by atoms with Gasteiger partial charge in [-0.3, -0.25) is 9.59 Å². The molecule has 0 radical (unpaired) electrons. The van der Waals surface area contributed by atoms with Crippen molar-refractivity contribution in [3.63, 3.8) is 0 Å². The molecule has 2 N–H and O–H groups in total. The summed E-state index contributed by atoms with van der Waals surface area (Å²) in [6.07, 6.45) is 0.754. The number of aliphatic hydroxyl groups excluding tert-OH is 1. The molecular formula is C17H20N2O4. The molecule has 23 heavy (non-hydrogen) atoms. The number of aliphatic hydroxyl groups is 1. The van der Waals surface area contributed by atoms with Crippen LogP contribution in [-0.4, -0.2) is 34.8 Å². The SMILES string of the molecule is O=C(COCc1ccccc1)NCC(O)Cn1ccccc1=O. The Balaban J connectivity index is 1.66. The zero-order valence-electron chi connectivity index (χ0n) is 12.7. The summed E-state index contributed by atoms with van der Waals surface area (Å²) in [4.78, 5) is 23.2. The van der Waals surface area contributed by atoms with Gasteiger partial charge in [-0.15, -0.1) is 0 Å². The van der Waals surface area contributed by atoms with Gasteiger partial charge in [-0.2, -0.15) is 0 Å². The van der Waals surface area contributed by atoms with E-state index >= 15 is 0 Å². The normalized spacial score (nSPS) is 11.9. The van der Waals surface area contributed by atoms with Crippen LogP contribution in [-0.2, 0) is 22.7 Å². The lowest BCUT2D eigenvalue weighted by molar-refractivity contribution is -0.126. The summed E-state index contributed by atoms with van der Waals surface area (Å²) >= 11 is 0. The van der Waals surface area contributed by atoms with E-state index in [4.69, 9.17) is 4.74 Å². The van der Waals surface area contributed by atoms with Crippen LogP contribution in [0.3, 0.4) is 0 Å². The number of pyridine rings is 1. The van der Waals surface area contributed by atoms with Gasteiger partial charge in [0.2, 0.25) is 5.91 Å². The van der Waals surface area contributed by atoms with Gasteiger partial charge in [-0.25, -0.2) is 0 Å². The molecule has 0 spiro atoms. The minimum atomic E-state index is -0.840. The van der Waals surface area contributed by atoms with E-state index in [1.807, 2.05) is 30.3 Å². The predicted octanol–water partition coefficient (Wildman–Crippen LogP) is 0.542. The maximum atomic E-state index is 11.6. The lowest BCUT2D eigenvalue weighted by Crippen LogP contribution is -2.37. The van der Waals surface area contributed by atoms with Crippen LogP contribution in [0.15, 0.2) is 59.5 Å². The summed E-state index contributed by atoms with van der Waals surface area (Å²) in [5, 5.41) is 12.4. The van der Waals surface area contributed by atoms with Crippen LogP contribution in [0.5, 0.6) is 0 Å². The Morgan fingerprint density at radius 2 is 1.91 bits per heavy atom. The minimum Gasteiger partial charge on any atom is -0.389 e. The van der Waals surface area contributed by atoms with E-state index < -0.39 is 6.10 Å². The molecule has 2 aromatic rings. The fraction of sp³-hybridized carbons (Fsp3) is 0.294. The molecule has 122 valence electrons. The summed E-state index contributed by atoms with van der Waals surface area (Å²) < 4.78 is 6.69. The topological polar surface area (TPSA) is 80.6 Å². The van der Waals surface area contributed by atoms with Crippen LogP contribution < -0.4 is 10.9 Å². The number of hydrogen-bond acceptors (Lipinski definition) is 4. The van der Waals surface area contributed by atoms with Crippen LogP contribution >= 0.6 is 0 Å². The molecule has 0 bridgehead atoms. The Labute approximate surface area is 134 Å². The van der Waals surface area contributed by atoms with Crippen LogP contribution in [0, 0.1) is 0 Å². The van der Waals surface area contributed by atoms with Crippen LogP contribution in [0.1, 0.15) is 5.56 Å². The number of benzene rings is 1. The van der Waals surface area contributed by atoms with Gasteiger partial charge in [-0.05, 0) is 11.6 Å². The van der Waals surface area contributed by atoms with E-state index in [-0.39, 0.29) is 31.2 Å². The van der Waals surface area contributed by atoms with Crippen molar-refractivity contribution >= 4 is 5.91 Å².